The number of likely N-dealkylation sites (tertiary alicyclic amines) is 2. The van der Waals surface area contributed by atoms with Crippen molar-refractivity contribution in [2.75, 3.05) is 39.4 Å². The third-order valence-corrected chi connectivity index (χ3v) is 14.8. The molecular weight excluding hydrogens is 837 g/mol. The molecule has 0 amide bonds. The van der Waals surface area contributed by atoms with E-state index >= 15 is 0 Å². The fourth-order valence-electron chi connectivity index (χ4n) is 10.9. The van der Waals surface area contributed by atoms with Crippen LogP contribution in [0.5, 0.6) is 11.5 Å². The van der Waals surface area contributed by atoms with Crippen LogP contribution in [0.15, 0.2) is 158 Å². The quantitative estimate of drug-likeness (QED) is 0.0724. The van der Waals surface area contributed by atoms with Crippen molar-refractivity contribution >= 4 is 22.3 Å². The summed E-state index contributed by atoms with van der Waals surface area (Å²) in [6, 6.07) is 56.0. The third kappa shape index (κ3) is 12.1. The molecule has 0 spiro atoms. The van der Waals surface area contributed by atoms with Gasteiger partial charge in [0, 0.05) is 25.3 Å². The van der Waals surface area contributed by atoms with E-state index in [2.05, 4.69) is 113 Å². The van der Waals surface area contributed by atoms with Crippen LogP contribution < -0.4 is 0 Å². The summed E-state index contributed by atoms with van der Waals surface area (Å²) >= 11 is 0. The van der Waals surface area contributed by atoms with Crippen molar-refractivity contribution in [2.24, 2.45) is 0 Å². The number of piperidine rings is 2. The minimum atomic E-state index is 0.155. The number of aliphatic hydroxyl groups is 2. The summed E-state index contributed by atoms with van der Waals surface area (Å²) in [5.41, 5.74) is 14.4. The first kappa shape index (κ1) is 47.3. The molecule has 2 saturated heterocycles. The summed E-state index contributed by atoms with van der Waals surface area (Å²) < 4.78 is 0. The van der Waals surface area contributed by atoms with E-state index in [9.17, 15) is 20.4 Å². The van der Waals surface area contributed by atoms with Gasteiger partial charge in [-0.05, 0) is 206 Å². The number of nitrogens with zero attached hydrogens (tertiary/aromatic N) is 2. The maximum absolute atomic E-state index is 10.2. The number of phenols is 2. The second-order valence-electron chi connectivity index (χ2n) is 19.5. The summed E-state index contributed by atoms with van der Waals surface area (Å²) in [6.45, 7) is 5.24. The van der Waals surface area contributed by atoms with E-state index in [4.69, 9.17) is 0 Å². The zero-order valence-corrected chi connectivity index (χ0v) is 39.7. The number of phenolic OH excluding ortho intramolecular Hbond substituents is 2. The molecule has 2 heterocycles. The number of hydrogen-bond acceptors (Lipinski definition) is 6. The van der Waals surface area contributed by atoms with Crippen molar-refractivity contribution in [1.29, 1.82) is 0 Å². The molecule has 0 atom stereocenters. The Kier molecular flexibility index (Phi) is 16.0. The topological polar surface area (TPSA) is 87.4 Å². The van der Waals surface area contributed by atoms with Crippen LogP contribution in [0.1, 0.15) is 133 Å². The molecule has 6 nitrogen and oxygen atoms in total. The first-order valence-electron chi connectivity index (χ1n) is 25.5. The Hall–Kier alpha value is -5.76. The SMILES string of the molecule is OCCC/C(=C(/c1ccc(C2CCN(C3CC3)CC2)cc1)c1cccc(O)c1)c1ccccc1.OCCC/C(=C(\c1ccc(O)cc1)c1ccc(C2CCN(C3CC3)CC2)cc1)c1ccccc1. The third-order valence-electron chi connectivity index (χ3n) is 14.8. The normalized spacial score (nSPS) is 18.0. The lowest BCUT2D eigenvalue weighted by molar-refractivity contribution is 0.203. The average Bonchev–Trinajstić information content (AvgIpc) is 4.34. The van der Waals surface area contributed by atoms with E-state index in [1.807, 2.05) is 36.4 Å². The molecule has 6 heteroatoms. The fourth-order valence-corrected chi connectivity index (χ4v) is 10.9. The van der Waals surface area contributed by atoms with E-state index in [-0.39, 0.29) is 24.7 Å². The van der Waals surface area contributed by atoms with Gasteiger partial charge in [0.1, 0.15) is 11.5 Å². The van der Waals surface area contributed by atoms with E-state index in [0.29, 0.717) is 24.7 Å². The Balaban J connectivity index is 0.000000170. The Labute approximate surface area is 405 Å². The van der Waals surface area contributed by atoms with Gasteiger partial charge in [-0.1, -0.05) is 133 Å². The predicted octanol–water partition coefficient (Wildman–Crippen LogP) is 12.9. The largest absolute Gasteiger partial charge is 0.508 e. The van der Waals surface area contributed by atoms with Crippen molar-refractivity contribution in [2.45, 2.75) is 101 Å². The molecule has 6 aromatic rings. The molecule has 2 aliphatic heterocycles. The molecule has 2 saturated carbocycles. The van der Waals surface area contributed by atoms with Crippen molar-refractivity contribution in [3.63, 3.8) is 0 Å². The number of rotatable bonds is 16. The van der Waals surface area contributed by atoms with Gasteiger partial charge >= 0.3 is 0 Å². The molecule has 352 valence electrons. The van der Waals surface area contributed by atoms with Crippen LogP contribution in [0.2, 0.25) is 0 Å². The number of aliphatic hydroxyl groups excluding tert-OH is 2. The number of hydrogen-bond donors (Lipinski definition) is 4. The minimum absolute atomic E-state index is 0.155. The summed E-state index contributed by atoms with van der Waals surface area (Å²) in [7, 11) is 0. The predicted molar refractivity (Wildman–Crippen MR) is 280 cm³/mol. The van der Waals surface area contributed by atoms with Crippen LogP contribution >= 0.6 is 0 Å². The molecule has 0 unspecified atom stereocenters. The van der Waals surface area contributed by atoms with Gasteiger partial charge in [-0.15, -0.1) is 0 Å². The maximum atomic E-state index is 10.2. The van der Waals surface area contributed by atoms with E-state index in [0.717, 1.165) is 52.8 Å². The fraction of sp³-hybridized carbons (Fsp3) is 0.355. The van der Waals surface area contributed by atoms with Gasteiger partial charge in [0.15, 0.2) is 0 Å². The first-order valence-corrected chi connectivity index (χ1v) is 25.5. The van der Waals surface area contributed by atoms with Crippen LogP contribution in [-0.2, 0) is 0 Å². The standard InChI is InChI=1S/2C31H35NO2/c33-21-5-10-30(25-6-2-1-3-7-25)31(27-8-4-9-29(34)22-27)26-13-11-23(12-14-26)24-17-19-32(20-18-24)28-15-16-28;33-22-4-7-30(25-5-2-1-3-6-25)31(27-12-16-29(34)17-13-27)26-10-8-23(9-11-26)24-18-20-32(21-19-24)28-14-15-28/h1-4,6-9,11-14,22,24,28,33-34H,5,10,15-21H2;1-3,5-6,8-13,16-17,24,28,33-34H,4,7,14-15,18-22H2/b2*31-30+. The number of aromatic hydroxyl groups is 2. The van der Waals surface area contributed by atoms with E-state index in [1.165, 1.54) is 117 Å². The highest BCUT2D eigenvalue weighted by atomic mass is 16.3. The summed E-state index contributed by atoms with van der Waals surface area (Å²) in [6.07, 6.45) is 13.5. The van der Waals surface area contributed by atoms with Crippen LogP contribution in [-0.4, -0.2) is 81.7 Å². The second-order valence-corrected chi connectivity index (χ2v) is 19.5. The monoisotopic (exact) mass is 907 g/mol. The number of allylic oxidation sites excluding steroid dienone is 2. The molecular formula is C62H70N2O4. The molecule has 68 heavy (non-hydrogen) atoms. The Morgan fingerprint density at radius 1 is 0.382 bits per heavy atom. The molecule has 4 aliphatic rings. The second kappa shape index (κ2) is 23.0. The van der Waals surface area contributed by atoms with Crippen LogP contribution in [0.4, 0.5) is 0 Å². The Bertz CT molecular complexity index is 2560. The van der Waals surface area contributed by atoms with E-state index in [1.54, 1.807) is 18.2 Å². The lowest BCUT2D eigenvalue weighted by Crippen LogP contribution is -2.34. The van der Waals surface area contributed by atoms with Gasteiger partial charge in [-0.2, -0.15) is 0 Å². The molecule has 2 aliphatic carbocycles. The zero-order valence-electron chi connectivity index (χ0n) is 39.7. The van der Waals surface area contributed by atoms with Crippen LogP contribution in [0.25, 0.3) is 22.3 Å². The van der Waals surface area contributed by atoms with Crippen molar-refractivity contribution in [1.82, 2.24) is 9.80 Å². The molecule has 4 N–H and O–H groups in total. The molecule has 4 fully saturated rings. The van der Waals surface area contributed by atoms with Gasteiger partial charge in [0.2, 0.25) is 0 Å². The molecule has 0 aromatic heterocycles. The Morgan fingerprint density at radius 3 is 1.15 bits per heavy atom. The van der Waals surface area contributed by atoms with Crippen molar-refractivity contribution in [3.8, 4) is 11.5 Å². The van der Waals surface area contributed by atoms with Gasteiger partial charge in [-0.25, -0.2) is 0 Å². The molecule has 6 aromatic carbocycles. The van der Waals surface area contributed by atoms with Gasteiger partial charge in [0.05, 0.1) is 0 Å². The lowest BCUT2D eigenvalue weighted by Gasteiger charge is -2.32. The van der Waals surface area contributed by atoms with Gasteiger partial charge < -0.3 is 30.2 Å². The average molecular weight is 907 g/mol. The summed E-state index contributed by atoms with van der Waals surface area (Å²) in [5.74, 6) is 1.82. The van der Waals surface area contributed by atoms with E-state index < -0.39 is 0 Å². The maximum Gasteiger partial charge on any atom is 0.116 e. The molecule has 0 bridgehead atoms. The van der Waals surface area contributed by atoms with Gasteiger partial charge in [-0.3, -0.25) is 0 Å². The highest BCUT2D eigenvalue weighted by molar-refractivity contribution is 5.99. The molecule has 10 rings (SSSR count). The summed E-state index contributed by atoms with van der Waals surface area (Å²) in [4.78, 5) is 5.37. The van der Waals surface area contributed by atoms with Gasteiger partial charge in [0.25, 0.3) is 0 Å². The smallest absolute Gasteiger partial charge is 0.116 e. The zero-order chi connectivity index (χ0) is 46.7. The highest BCUT2D eigenvalue weighted by Crippen LogP contribution is 2.41. The van der Waals surface area contributed by atoms with Crippen LogP contribution in [0.3, 0.4) is 0 Å². The van der Waals surface area contributed by atoms with Crippen molar-refractivity contribution in [3.05, 3.63) is 202 Å². The lowest BCUT2D eigenvalue weighted by atomic mass is 9.85. The number of benzene rings is 6. The van der Waals surface area contributed by atoms with Crippen molar-refractivity contribution < 1.29 is 20.4 Å². The molecule has 0 radical (unpaired) electrons. The highest BCUT2D eigenvalue weighted by Gasteiger charge is 2.33. The first-order chi connectivity index (χ1) is 33.4. The Morgan fingerprint density at radius 2 is 0.765 bits per heavy atom. The minimum Gasteiger partial charge on any atom is -0.508 e. The summed E-state index contributed by atoms with van der Waals surface area (Å²) in [5, 5.41) is 39.3. The van der Waals surface area contributed by atoms with Crippen LogP contribution in [0, 0.1) is 0 Å².